The number of allylic oxidation sites excluding steroid dienone is 6. The van der Waals surface area contributed by atoms with E-state index in [4.69, 9.17) is 9.47 Å². The van der Waals surface area contributed by atoms with E-state index in [0.717, 1.165) is 104 Å². The molecule has 6 aliphatic carbocycles. The number of rotatable bonds is 2. The van der Waals surface area contributed by atoms with Crippen molar-refractivity contribution in [3.05, 3.63) is 173 Å². The third-order valence-electron chi connectivity index (χ3n) is 15.6. The maximum absolute atomic E-state index is 13.8. The van der Waals surface area contributed by atoms with Crippen molar-refractivity contribution in [1.29, 1.82) is 0 Å². The molecule has 2 unspecified atom stereocenters. The average molecular weight is 899 g/mol. The van der Waals surface area contributed by atoms with Crippen LogP contribution in [0.4, 0.5) is 0 Å². The summed E-state index contributed by atoms with van der Waals surface area (Å²) >= 11 is 3.20. The minimum atomic E-state index is -0.455. The lowest BCUT2D eigenvalue weighted by atomic mass is 9.65. The third-order valence-corrected chi connectivity index (χ3v) is 17.8. The fourth-order valence-corrected chi connectivity index (χ4v) is 14.5. The number of carbonyl (C=O) groups excluding carboxylic acids is 4. The molecule has 8 aliphatic rings. The van der Waals surface area contributed by atoms with E-state index < -0.39 is 11.2 Å². The van der Waals surface area contributed by atoms with Gasteiger partial charge < -0.3 is 9.47 Å². The molecular formula is C58H42O6S2. The van der Waals surface area contributed by atoms with Gasteiger partial charge in [0.15, 0.2) is 23.1 Å². The number of benzene rings is 4. The molecule has 4 heterocycles. The Labute approximate surface area is 389 Å². The zero-order valence-corrected chi connectivity index (χ0v) is 37.7. The summed E-state index contributed by atoms with van der Waals surface area (Å²) < 4.78 is 14.4. The highest BCUT2D eigenvalue weighted by Gasteiger charge is 2.50. The molecule has 2 aromatic heterocycles. The zero-order chi connectivity index (χ0) is 44.1. The van der Waals surface area contributed by atoms with Gasteiger partial charge in [0.25, 0.3) is 0 Å². The molecule has 2 fully saturated rings. The molecule has 0 radical (unpaired) electrons. The van der Waals surface area contributed by atoms with Crippen molar-refractivity contribution in [3.63, 3.8) is 0 Å². The van der Waals surface area contributed by atoms with E-state index >= 15 is 0 Å². The number of thiophene rings is 2. The van der Waals surface area contributed by atoms with E-state index in [1.54, 1.807) is 34.8 Å². The second-order valence-electron chi connectivity index (χ2n) is 19.4. The number of carbonyl (C=O) groups is 4. The summed E-state index contributed by atoms with van der Waals surface area (Å²) in [5.41, 5.74) is 6.30. The number of Topliss-reactive ketones (excluding diaryl/α,β-unsaturated/α-hetero) is 4. The first kappa shape index (κ1) is 38.8. The van der Waals surface area contributed by atoms with Crippen molar-refractivity contribution in [1.82, 2.24) is 0 Å². The van der Waals surface area contributed by atoms with Gasteiger partial charge in [-0.15, -0.1) is 22.7 Å². The summed E-state index contributed by atoms with van der Waals surface area (Å²) in [6, 6.07) is 27.2. The number of ether oxygens (including phenoxy) is 2. The first-order valence-electron chi connectivity index (χ1n) is 23.5. The van der Waals surface area contributed by atoms with Crippen LogP contribution in [0.15, 0.2) is 132 Å². The van der Waals surface area contributed by atoms with Gasteiger partial charge in [0.1, 0.15) is 22.7 Å². The first-order chi connectivity index (χ1) is 32.2. The molecule has 2 spiro atoms. The topological polar surface area (TPSA) is 86.7 Å². The molecule has 2 atom stereocenters. The van der Waals surface area contributed by atoms with E-state index in [2.05, 4.69) is 36.4 Å². The summed E-state index contributed by atoms with van der Waals surface area (Å²) in [6.07, 6.45) is 23.9. The quantitative estimate of drug-likeness (QED) is 0.127. The third kappa shape index (κ3) is 5.58. The Morgan fingerprint density at radius 2 is 0.803 bits per heavy atom. The van der Waals surface area contributed by atoms with Crippen LogP contribution in [-0.4, -0.2) is 34.3 Å². The average Bonchev–Trinajstić information content (AvgIpc) is 4.06. The standard InChI is InChI=1S/C58H42O6S2/c59-51-39-19-31-11-3-4-12-32(31)20-40(39)52(60)45(51)27-37-29-49-55(65-37)43-23-36-26-48-44(24-35(36)25-47(43)57(63-49)15-7-1-8-16-57)56-50(64-58(48)17-9-2-10-18-58)30-38(66-56)28-46-53(61)41-21-33-13-5-6-14-34(33)22-42(41)54(46)62/h3-6,11-14,19-30,35-36H,1-2,7-10,15-18H2. The van der Waals surface area contributed by atoms with Crippen molar-refractivity contribution in [2.45, 2.75) is 75.4 Å². The van der Waals surface area contributed by atoms with Crippen molar-refractivity contribution < 1.29 is 28.7 Å². The van der Waals surface area contributed by atoms with Gasteiger partial charge in [0, 0.05) is 55.0 Å². The van der Waals surface area contributed by atoms with Crippen LogP contribution < -0.4 is 9.47 Å². The molecule has 14 rings (SSSR count). The number of fused-ring (bicyclic) bond motifs is 13. The molecule has 8 heteroatoms. The van der Waals surface area contributed by atoms with E-state index in [9.17, 15) is 19.2 Å². The summed E-state index contributed by atoms with van der Waals surface area (Å²) in [5.74, 6) is 0.952. The largest absolute Gasteiger partial charge is 0.481 e. The smallest absolute Gasteiger partial charge is 0.197 e. The Morgan fingerprint density at radius 3 is 1.15 bits per heavy atom. The lowest BCUT2D eigenvalue weighted by Crippen LogP contribution is -2.45. The van der Waals surface area contributed by atoms with Crippen molar-refractivity contribution in [2.75, 3.05) is 0 Å². The maximum Gasteiger partial charge on any atom is 0.197 e. The molecule has 322 valence electrons. The van der Waals surface area contributed by atoms with Gasteiger partial charge in [-0.2, -0.15) is 0 Å². The molecule has 2 saturated carbocycles. The predicted molar refractivity (Wildman–Crippen MR) is 262 cm³/mol. The predicted octanol–water partition coefficient (Wildman–Crippen LogP) is 13.8. The monoisotopic (exact) mass is 898 g/mol. The fraction of sp³-hybridized carbons (Fsp3) is 0.241. The van der Waals surface area contributed by atoms with Gasteiger partial charge in [0.05, 0.1) is 20.9 Å². The van der Waals surface area contributed by atoms with Crippen LogP contribution in [0.5, 0.6) is 11.5 Å². The Morgan fingerprint density at radius 1 is 0.455 bits per heavy atom. The minimum Gasteiger partial charge on any atom is -0.481 e. The second-order valence-corrected chi connectivity index (χ2v) is 21.6. The van der Waals surface area contributed by atoms with Gasteiger partial charge in [0.2, 0.25) is 0 Å². The van der Waals surface area contributed by atoms with Crippen molar-refractivity contribution in [2.24, 2.45) is 11.8 Å². The molecule has 0 bridgehead atoms. The van der Waals surface area contributed by atoms with Gasteiger partial charge in [-0.25, -0.2) is 0 Å². The van der Waals surface area contributed by atoms with E-state index in [-0.39, 0.29) is 46.1 Å². The highest BCUT2D eigenvalue weighted by atomic mass is 32.1. The Bertz CT molecular complexity index is 3130. The number of hydrogen-bond acceptors (Lipinski definition) is 8. The molecule has 0 saturated heterocycles. The fourth-order valence-electron chi connectivity index (χ4n) is 12.4. The normalized spacial score (nSPS) is 22.8. The van der Waals surface area contributed by atoms with Gasteiger partial charge in [-0.05, 0) is 133 Å². The molecule has 0 amide bonds. The Balaban J connectivity index is 0.849. The van der Waals surface area contributed by atoms with Crippen molar-refractivity contribution >= 4 is 90.6 Å². The zero-order valence-electron chi connectivity index (χ0n) is 36.0. The Hall–Kier alpha value is -6.48. The maximum atomic E-state index is 13.8. The number of ketones is 4. The molecule has 6 aromatic rings. The Kier molecular flexibility index (Phi) is 8.23. The minimum absolute atomic E-state index is 0.0906. The van der Waals surface area contributed by atoms with E-state index in [1.165, 1.54) is 35.1 Å². The molecule has 4 aromatic carbocycles. The van der Waals surface area contributed by atoms with E-state index in [1.807, 2.05) is 72.8 Å². The SMILES string of the molecule is O=C1C(=Cc2cc3c(s2)C2=CC4C=C5C(=CC4C=C2C2(CCCCC2)O3)c2sc(C=C3C(=O)c4cc6ccccc6cc4C3=O)cc2OC52CCCCC2)C(=O)c2cc3ccccc3cc21. The second kappa shape index (κ2) is 14.0. The van der Waals surface area contributed by atoms with Gasteiger partial charge in [-0.3, -0.25) is 19.2 Å². The lowest BCUT2D eigenvalue weighted by molar-refractivity contribution is 0.0636. The molecule has 0 N–H and O–H groups in total. The van der Waals surface area contributed by atoms with Crippen LogP contribution in [0.3, 0.4) is 0 Å². The van der Waals surface area contributed by atoms with Crippen LogP contribution in [0.1, 0.15) is 125 Å². The molecule has 2 aliphatic heterocycles. The summed E-state index contributed by atoms with van der Waals surface area (Å²) in [5, 5.41) is 3.78. The summed E-state index contributed by atoms with van der Waals surface area (Å²) in [6.45, 7) is 0. The molecular weight excluding hydrogens is 857 g/mol. The first-order valence-corrected chi connectivity index (χ1v) is 25.1. The van der Waals surface area contributed by atoms with Gasteiger partial charge >= 0.3 is 0 Å². The summed E-state index contributed by atoms with van der Waals surface area (Å²) in [4.78, 5) is 59.1. The molecule has 66 heavy (non-hydrogen) atoms. The van der Waals surface area contributed by atoms with Crippen LogP contribution in [0.25, 0.3) is 44.8 Å². The van der Waals surface area contributed by atoms with Crippen LogP contribution >= 0.6 is 22.7 Å². The van der Waals surface area contributed by atoms with E-state index in [0.29, 0.717) is 22.3 Å². The van der Waals surface area contributed by atoms with Crippen molar-refractivity contribution in [3.8, 4) is 11.5 Å². The number of hydrogen-bond donors (Lipinski definition) is 0. The van der Waals surface area contributed by atoms with Crippen LogP contribution in [0, 0.1) is 11.8 Å². The van der Waals surface area contributed by atoms with Crippen LogP contribution in [0.2, 0.25) is 0 Å². The highest BCUT2D eigenvalue weighted by molar-refractivity contribution is 7.15. The summed E-state index contributed by atoms with van der Waals surface area (Å²) in [7, 11) is 0. The highest BCUT2D eigenvalue weighted by Crippen LogP contribution is 2.60. The van der Waals surface area contributed by atoms with Crippen LogP contribution in [-0.2, 0) is 0 Å². The lowest BCUT2D eigenvalue weighted by Gasteiger charge is -2.48. The molecule has 6 nitrogen and oxygen atoms in total. The van der Waals surface area contributed by atoms with Gasteiger partial charge in [-0.1, -0.05) is 85.7 Å².